The Morgan fingerprint density at radius 2 is 1.87 bits per heavy atom. The van der Waals surface area contributed by atoms with E-state index >= 15 is 0 Å². The van der Waals surface area contributed by atoms with Crippen LogP contribution in [0, 0.1) is 26.0 Å². The van der Waals surface area contributed by atoms with E-state index in [1.165, 1.54) is 24.3 Å². The van der Waals surface area contributed by atoms with Gasteiger partial charge in [0, 0.05) is 18.0 Å². The Labute approximate surface area is 130 Å². The molecule has 0 unspecified atom stereocenters. The lowest BCUT2D eigenvalue weighted by molar-refractivity contribution is -0.393. The van der Waals surface area contributed by atoms with Crippen molar-refractivity contribution in [2.45, 2.75) is 18.4 Å². The van der Waals surface area contributed by atoms with Crippen LogP contribution in [-0.4, -0.2) is 15.9 Å². The zero-order valence-electron chi connectivity index (χ0n) is 11.8. The fourth-order valence-electron chi connectivity index (χ4n) is 2.57. The summed E-state index contributed by atoms with van der Waals surface area (Å²) < 4.78 is 13.2. The number of non-ortho nitro benzene ring substituents is 1. The molecule has 1 saturated carbocycles. The summed E-state index contributed by atoms with van der Waals surface area (Å²) >= 11 is 0. The van der Waals surface area contributed by atoms with Crippen LogP contribution in [0.1, 0.15) is 17.9 Å². The number of hydrogen-bond acceptors (Lipinski definition) is 5. The summed E-state index contributed by atoms with van der Waals surface area (Å²) in [6.45, 7) is 0. The van der Waals surface area contributed by atoms with Crippen LogP contribution >= 0.6 is 0 Å². The van der Waals surface area contributed by atoms with Crippen molar-refractivity contribution in [3.8, 4) is 0 Å². The Kier molecular flexibility index (Phi) is 3.65. The molecule has 0 aliphatic heterocycles. The summed E-state index contributed by atoms with van der Waals surface area (Å²) in [4.78, 5) is 20.5. The molecular weight excluding hydrogens is 305 g/mol. The highest BCUT2D eigenvalue weighted by Gasteiger charge is 2.39. The number of halogens is 1. The van der Waals surface area contributed by atoms with Gasteiger partial charge < -0.3 is 5.32 Å². The van der Waals surface area contributed by atoms with Crippen LogP contribution in [0.2, 0.25) is 0 Å². The number of nitrogens with one attached hydrogen (secondary N) is 1. The van der Waals surface area contributed by atoms with Gasteiger partial charge in [0.2, 0.25) is 0 Å². The lowest BCUT2D eigenvalue weighted by Gasteiger charge is -2.07. The normalized spacial score (nSPS) is 19.2. The molecule has 2 atom stereocenters. The molecule has 7 nitrogen and oxygen atoms in total. The molecule has 0 saturated heterocycles. The Bertz CT molecular complexity index is 796. The third kappa shape index (κ3) is 3.10. The van der Waals surface area contributed by atoms with Gasteiger partial charge in [0.1, 0.15) is 11.5 Å². The van der Waals surface area contributed by atoms with Crippen molar-refractivity contribution in [3.05, 3.63) is 74.1 Å². The van der Waals surface area contributed by atoms with E-state index < -0.39 is 9.85 Å². The quantitative estimate of drug-likeness (QED) is 0.671. The van der Waals surface area contributed by atoms with Gasteiger partial charge in [-0.2, -0.15) is 0 Å². The summed E-state index contributed by atoms with van der Waals surface area (Å²) in [7, 11) is 0. The second kappa shape index (κ2) is 5.64. The smallest absolute Gasteiger partial charge is 0.299 e. The van der Waals surface area contributed by atoms with Crippen LogP contribution in [0.4, 0.5) is 21.5 Å². The first-order valence-electron chi connectivity index (χ1n) is 6.90. The predicted octanol–water partition coefficient (Wildman–Crippen LogP) is 3.61. The largest absolute Gasteiger partial charge is 0.376 e. The number of nitrogens with zero attached hydrogens (tertiary/aromatic N) is 2. The minimum atomic E-state index is -0.677. The average Bonchev–Trinajstić information content (AvgIpc) is 3.26. The van der Waals surface area contributed by atoms with Gasteiger partial charge >= 0.3 is 0 Å². The van der Waals surface area contributed by atoms with Crippen molar-refractivity contribution < 1.29 is 14.2 Å². The van der Waals surface area contributed by atoms with E-state index in [0.29, 0.717) is 0 Å². The highest BCUT2D eigenvalue weighted by Crippen LogP contribution is 2.44. The molecule has 1 aliphatic carbocycles. The van der Waals surface area contributed by atoms with E-state index in [9.17, 15) is 24.6 Å². The molecule has 2 aromatic carbocycles. The van der Waals surface area contributed by atoms with E-state index in [4.69, 9.17) is 0 Å². The topological polar surface area (TPSA) is 98.3 Å². The van der Waals surface area contributed by atoms with E-state index in [1.54, 1.807) is 12.1 Å². The van der Waals surface area contributed by atoms with E-state index in [-0.39, 0.29) is 34.8 Å². The molecule has 0 amide bonds. The van der Waals surface area contributed by atoms with Gasteiger partial charge in [0.15, 0.2) is 0 Å². The average molecular weight is 317 g/mol. The number of rotatable bonds is 5. The van der Waals surface area contributed by atoms with Crippen molar-refractivity contribution in [2.24, 2.45) is 0 Å². The summed E-state index contributed by atoms with van der Waals surface area (Å²) in [5.74, 6) is -0.255. The van der Waals surface area contributed by atoms with Gasteiger partial charge in [-0.15, -0.1) is 0 Å². The highest BCUT2D eigenvalue weighted by atomic mass is 19.1. The zero-order chi connectivity index (χ0) is 16.6. The molecule has 8 heteroatoms. The number of hydrogen-bond donors (Lipinski definition) is 1. The molecule has 1 aliphatic rings. The van der Waals surface area contributed by atoms with Crippen LogP contribution in [-0.2, 0) is 0 Å². The first-order valence-corrected chi connectivity index (χ1v) is 6.90. The Balaban J connectivity index is 1.79. The molecule has 1 N–H and O–H groups in total. The number of nitro groups is 2. The summed E-state index contributed by atoms with van der Waals surface area (Å²) in [6, 6.07) is 9.64. The molecule has 0 bridgehead atoms. The van der Waals surface area contributed by atoms with Gasteiger partial charge in [-0.25, -0.2) is 4.39 Å². The predicted molar refractivity (Wildman–Crippen MR) is 80.9 cm³/mol. The van der Waals surface area contributed by atoms with E-state index in [2.05, 4.69) is 5.32 Å². The Morgan fingerprint density at radius 1 is 1.09 bits per heavy atom. The molecular formula is C15H12FN3O4. The number of benzene rings is 2. The fraction of sp³-hybridized carbons (Fsp3) is 0.200. The van der Waals surface area contributed by atoms with Crippen LogP contribution < -0.4 is 5.32 Å². The second-order valence-electron chi connectivity index (χ2n) is 5.36. The molecule has 2 aromatic rings. The van der Waals surface area contributed by atoms with E-state index in [1.807, 2.05) is 0 Å². The summed E-state index contributed by atoms with van der Waals surface area (Å²) in [5, 5.41) is 24.8. The van der Waals surface area contributed by atoms with Gasteiger partial charge in [-0.3, -0.25) is 20.2 Å². The van der Waals surface area contributed by atoms with Crippen molar-refractivity contribution in [1.29, 1.82) is 0 Å². The maximum absolute atomic E-state index is 13.2. The van der Waals surface area contributed by atoms with Gasteiger partial charge in [-0.05, 0) is 30.2 Å². The standard InChI is InChI=1S/C15H12FN3O4/c16-10-3-1-2-9(6-10)12-8-14(12)17-13-5-4-11(18(20)21)7-15(13)19(22)23/h1-7,12,14,17H,8H2/t12-,14+/m0/s1. The summed E-state index contributed by atoms with van der Waals surface area (Å²) in [6.07, 6.45) is 0.720. The Hall–Kier alpha value is -3.03. The summed E-state index contributed by atoms with van der Waals surface area (Å²) in [5.41, 5.74) is 0.375. The molecule has 3 rings (SSSR count). The van der Waals surface area contributed by atoms with Crippen LogP contribution in [0.3, 0.4) is 0 Å². The minimum Gasteiger partial charge on any atom is -0.376 e. The monoisotopic (exact) mass is 317 g/mol. The molecule has 23 heavy (non-hydrogen) atoms. The van der Waals surface area contributed by atoms with Crippen molar-refractivity contribution in [3.63, 3.8) is 0 Å². The van der Waals surface area contributed by atoms with Gasteiger partial charge in [-0.1, -0.05) is 12.1 Å². The molecule has 1 fully saturated rings. The third-order valence-electron chi connectivity index (χ3n) is 3.80. The zero-order valence-corrected chi connectivity index (χ0v) is 11.8. The lowest BCUT2D eigenvalue weighted by atomic mass is 10.1. The maximum Gasteiger partial charge on any atom is 0.299 e. The van der Waals surface area contributed by atoms with Gasteiger partial charge in [0.25, 0.3) is 11.4 Å². The highest BCUT2D eigenvalue weighted by molar-refractivity contribution is 5.66. The number of anilines is 1. The third-order valence-corrected chi connectivity index (χ3v) is 3.80. The first-order chi connectivity index (χ1) is 11.0. The van der Waals surface area contributed by atoms with Crippen molar-refractivity contribution in [1.82, 2.24) is 0 Å². The van der Waals surface area contributed by atoms with Crippen LogP contribution in [0.25, 0.3) is 0 Å². The molecule has 0 aromatic heterocycles. The van der Waals surface area contributed by atoms with Gasteiger partial charge in [0.05, 0.1) is 15.9 Å². The second-order valence-corrected chi connectivity index (χ2v) is 5.36. The van der Waals surface area contributed by atoms with Crippen molar-refractivity contribution >= 4 is 17.1 Å². The SMILES string of the molecule is O=[N+]([O-])c1ccc(N[C@@H]2C[C@H]2c2cccc(F)c2)c([N+](=O)[O-])c1. The molecule has 118 valence electrons. The molecule has 0 heterocycles. The van der Waals surface area contributed by atoms with Crippen LogP contribution in [0.15, 0.2) is 42.5 Å². The van der Waals surface area contributed by atoms with Crippen LogP contribution in [0.5, 0.6) is 0 Å². The molecule has 0 radical (unpaired) electrons. The Morgan fingerprint density at radius 3 is 2.52 bits per heavy atom. The minimum absolute atomic E-state index is 0.0584. The fourth-order valence-corrected chi connectivity index (χ4v) is 2.57. The van der Waals surface area contributed by atoms with E-state index in [0.717, 1.165) is 18.1 Å². The first kappa shape index (κ1) is 14.9. The molecule has 0 spiro atoms. The van der Waals surface area contributed by atoms with Crippen molar-refractivity contribution in [2.75, 3.05) is 5.32 Å². The maximum atomic E-state index is 13.2. The number of nitro benzene ring substituents is 2. The lowest BCUT2D eigenvalue weighted by Crippen LogP contribution is -2.07.